The molecule has 1 aromatic rings. The normalized spacial score (nSPS) is 11.6. The lowest BCUT2D eigenvalue weighted by Crippen LogP contribution is -2.16. The molecule has 17 heavy (non-hydrogen) atoms. The molecule has 1 aromatic carbocycles. The highest BCUT2D eigenvalue weighted by Gasteiger charge is 2.02. The van der Waals surface area contributed by atoms with Gasteiger partial charge >= 0.3 is 5.97 Å². The van der Waals surface area contributed by atoms with E-state index in [1.165, 1.54) is 6.07 Å². The van der Waals surface area contributed by atoms with Crippen LogP contribution in [0.2, 0.25) is 0 Å². The number of halogens is 2. The highest BCUT2D eigenvalue weighted by molar-refractivity contribution is 5.80. The highest BCUT2D eigenvalue weighted by atomic mass is 19.2. The van der Waals surface area contributed by atoms with Crippen LogP contribution in [0.3, 0.4) is 0 Å². The van der Waals surface area contributed by atoms with Gasteiger partial charge in [-0.25, -0.2) is 13.6 Å². The highest BCUT2D eigenvalue weighted by Crippen LogP contribution is 2.08. The molecule has 92 valence electrons. The van der Waals surface area contributed by atoms with Crippen LogP contribution in [0.5, 0.6) is 0 Å². The molecule has 0 radical (unpaired) electrons. The smallest absolute Gasteiger partial charge is 0.328 e. The van der Waals surface area contributed by atoms with Crippen LogP contribution in [0.25, 0.3) is 0 Å². The van der Waals surface area contributed by atoms with Crippen LogP contribution in [-0.4, -0.2) is 17.6 Å². The van der Waals surface area contributed by atoms with E-state index >= 15 is 0 Å². The number of carbonyl (C=O) groups is 1. The Morgan fingerprint density at radius 1 is 1.41 bits per heavy atom. The van der Waals surface area contributed by atoms with Gasteiger partial charge < -0.3 is 10.4 Å². The summed E-state index contributed by atoms with van der Waals surface area (Å²) in [4.78, 5) is 10.3. The van der Waals surface area contributed by atoms with Crippen molar-refractivity contribution in [2.45, 2.75) is 13.5 Å². The third-order valence-electron chi connectivity index (χ3n) is 2.09. The third kappa shape index (κ3) is 4.74. The fraction of sp³-hybridized carbons (Fsp3) is 0.250. The maximum atomic E-state index is 12.8. The molecule has 0 aliphatic rings. The van der Waals surface area contributed by atoms with Crippen LogP contribution in [0.1, 0.15) is 12.5 Å². The van der Waals surface area contributed by atoms with Crippen LogP contribution in [-0.2, 0) is 11.3 Å². The maximum Gasteiger partial charge on any atom is 0.328 e. The van der Waals surface area contributed by atoms with Gasteiger partial charge in [0.25, 0.3) is 0 Å². The third-order valence-corrected chi connectivity index (χ3v) is 2.09. The van der Waals surface area contributed by atoms with E-state index in [1.807, 2.05) is 0 Å². The van der Waals surface area contributed by atoms with E-state index in [4.69, 9.17) is 5.11 Å². The largest absolute Gasteiger partial charge is 0.478 e. The minimum Gasteiger partial charge on any atom is -0.478 e. The first kappa shape index (κ1) is 13.3. The minimum absolute atomic E-state index is 0.349. The molecule has 0 aliphatic heterocycles. The Labute approximate surface area is 97.8 Å². The monoisotopic (exact) mass is 241 g/mol. The molecule has 2 N–H and O–H groups in total. The molecule has 5 heteroatoms. The topological polar surface area (TPSA) is 49.3 Å². The van der Waals surface area contributed by atoms with Crippen LogP contribution in [0.15, 0.2) is 29.8 Å². The van der Waals surface area contributed by atoms with Crippen molar-refractivity contribution in [3.63, 3.8) is 0 Å². The number of benzene rings is 1. The van der Waals surface area contributed by atoms with Gasteiger partial charge in [0.15, 0.2) is 11.6 Å². The van der Waals surface area contributed by atoms with Gasteiger partial charge in [-0.05, 0) is 24.6 Å². The molecular formula is C12H13F2NO2. The molecule has 0 bridgehead atoms. The van der Waals surface area contributed by atoms with Gasteiger partial charge in [-0.3, -0.25) is 0 Å². The van der Waals surface area contributed by atoms with Gasteiger partial charge in [-0.15, -0.1) is 0 Å². The lowest BCUT2D eigenvalue weighted by Gasteiger charge is -2.05. The first-order valence-corrected chi connectivity index (χ1v) is 5.04. The number of carboxylic acids is 1. The van der Waals surface area contributed by atoms with Crippen molar-refractivity contribution in [3.05, 3.63) is 47.0 Å². The molecular weight excluding hydrogens is 228 g/mol. The second kappa shape index (κ2) is 6.10. The second-order valence-electron chi connectivity index (χ2n) is 3.68. The van der Waals surface area contributed by atoms with Gasteiger partial charge in [-0.1, -0.05) is 11.6 Å². The SMILES string of the molecule is C/C(=C/C(=O)O)CNCc1ccc(F)c(F)c1. The molecule has 1 rings (SSSR count). The number of carboxylic acid groups (broad SMARTS) is 1. The van der Waals surface area contributed by atoms with E-state index in [1.54, 1.807) is 6.92 Å². The number of aliphatic carboxylic acids is 1. The van der Waals surface area contributed by atoms with Crippen molar-refractivity contribution in [1.29, 1.82) is 0 Å². The Kier molecular flexibility index (Phi) is 4.78. The number of hydrogen-bond acceptors (Lipinski definition) is 2. The number of hydrogen-bond donors (Lipinski definition) is 2. The minimum atomic E-state index is -1.00. The Hall–Kier alpha value is -1.75. The fourth-order valence-corrected chi connectivity index (χ4v) is 1.32. The van der Waals surface area contributed by atoms with E-state index in [0.717, 1.165) is 18.2 Å². The summed E-state index contributed by atoms with van der Waals surface area (Å²) in [5.74, 6) is -2.77. The van der Waals surface area contributed by atoms with E-state index in [-0.39, 0.29) is 0 Å². The first-order valence-electron chi connectivity index (χ1n) is 5.04. The summed E-state index contributed by atoms with van der Waals surface area (Å²) in [5, 5.41) is 11.4. The lowest BCUT2D eigenvalue weighted by molar-refractivity contribution is -0.131. The van der Waals surface area contributed by atoms with Gasteiger partial charge in [0.05, 0.1) is 0 Å². The molecule has 0 saturated heterocycles. The van der Waals surface area contributed by atoms with Crippen molar-refractivity contribution in [1.82, 2.24) is 5.32 Å². The Morgan fingerprint density at radius 2 is 2.12 bits per heavy atom. The molecule has 0 saturated carbocycles. The van der Waals surface area contributed by atoms with Gasteiger partial charge in [0.2, 0.25) is 0 Å². The van der Waals surface area contributed by atoms with Crippen molar-refractivity contribution in [2.75, 3.05) is 6.54 Å². The zero-order chi connectivity index (χ0) is 12.8. The summed E-state index contributed by atoms with van der Waals surface area (Å²) < 4.78 is 25.5. The van der Waals surface area contributed by atoms with Gasteiger partial charge in [-0.2, -0.15) is 0 Å². The standard InChI is InChI=1S/C12H13F2NO2/c1-8(4-12(16)17)6-15-7-9-2-3-10(13)11(14)5-9/h2-5,15H,6-7H2,1H3,(H,16,17)/b8-4-. The van der Waals surface area contributed by atoms with Crippen molar-refractivity contribution < 1.29 is 18.7 Å². The van der Waals surface area contributed by atoms with E-state index < -0.39 is 17.6 Å². The fourth-order valence-electron chi connectivity index (χ4n) is 1.32. The van der Waals surface area contributed by atoms with Crippen molar-refractivity contribution in [2.24, 2.45) is 0 Å². The molecule has 3 nitrogen and oxygen atoms in total. The first-order chi connectivity index (χ1) is 7.99. The summed E-state index contributed by atoms with van der Waals surface area (Å²) in [6, 6.07) is 3.65. The maximum absolute atomic E-state index is 12.8. The molecule has 0 atom stereocenters. The summed E-state index contributed by atoms with van der Waals surface area (Å²) >= 11 is 0. The second-order valence-corrected chi connectivity index (χ2v) is 3.68. The molecule has 0 fully saturated rings. The predicted molar refractivity (Wildman–Crippen MR) is 59.5 cm³/mol. The average Bonchev–Trinajstić information content (AvgIpc) is 2.22. The molecule has 0 heterocycles. The van der Waals surface area contributed by atoms with Crippen LogP contribution < -0.4 is 5.32 Å². The van der Waals surface area contributed by atoms with Crippen LogP contribution in [0, 0.1) is 11.6 Å². The Morgan fingerprint density at radius 3 is 2.71 bits per heavy atom. The van der Waals surface area contributed by atoms with E-state index in [9.17, 15) is 13.6 Å². The van der Waals surface area contributed by atoms with E-state index in [0.29, 0.717) is 24.2 Å². The van der Waals surface area contributed by atoms with E-state index in [2.05, 4.69) is 5.32 Å². The zero-order valence-electron chi connectivity index (χ0n) is 9.34. The summed E-state index contributed by atoms with van der Waals surface area (Å²) in [5.41, 5.74) is 1.26. The lowest BCUT2D eigenvalue weighted by atomic mass is 10.2. The molecule has 0 unspecified atom stereocenters. The van der Waals surface area contributed by atoms with Gasteiger partial charge in [0.1, 0.15) is 0 Å². The van der Waals surface area contributed by atoms with Crippen molar-refractivity contribution >= 4 is 5.97 Å². The molecule has 0 aromatic heterocycles. The zero-order valence-corrected chi connectivity index (χ0v) is 9.34. The number of rotatable bonds is 5. The van der Waals surface area contributed by atoms with Crippen molar-refractivity contribution in [3.8, 4) is 0 Å². The molecule has 0 amide bonds. The Balaban J connectivity index is 2.46. The number of nitrogens with one attached hydrogen (secondary N) is 1. The van der Waals surface area contributed by atoms with Crippen LogP contribution >= 0.6 is 0 Å². The quantitative estimate of drug-likeness (QED) is 0.776. The van der Waals surface area contributed by atoms with Crippen LogP contribution in [0.4, 0.5) is 8.78 Å². The Bertz CT molecular complexity index is 444. The summed E-state index contributed by atoms with van der Waals surface area (Å²) in [6.07, 6.45) is 1.10. The van der Waals surface area contributed by atoms with Gasteiger partial charge in [0, 0.05) is 19.2 Å². The summed E-state index contributed by atoms with van der Waals surface area (Å²) in [7, 11) is 0. The predicted octanol–water partition coefficient (Wildman–Crippen LogP) is 2.09. The molecule has 0 spiro atoms. The molecule has 0 aliphatic carbocycles. The average molecular weight is 241 g/mol. The summed E-state index contributed by atoms with van der Waals surface area (Å²) in [6.45, 7) is 2.40.